The first-order chi connectivity index (χ1) is 20.7. The van der Waals surface area contributed by atoms with Crippen LogP contribution in [0.1, 0.15) is 60.9 Å². The van der Waals surface area contributed by atoms with Crippen molar-refractivity contribution in [1.82, 2.24) is 19.9 Å². The first-order valence-corrected chi connectivity index (χ1v) is 13.7. The van der Waals surface area contributed by atoms with Crippen molar-refractivity contribution in [2.24, 2.45) is 5.73 Å². The number of carbonyl (C=O) groups is 2. The summed E-state index contributed by atoms with van der Waals surface area (Å²) in [6.07, 6.45) is -3.88. The molecule has 1 saturated heterocycles. The number of alkyl halides is 3. The smallest absolute Gasteiger partial charge is 0.433 e. The molecule has 4 heterocycles. The molecule has 3 aromatic heterocycles. The molecular weight excluding hydrogens is 583 g/mol. The molecule has 3 N–H and O–H groups in total. The van der Waals surface area contributed by atoms with Gasteiger partial charge < -0.3 is 29.6 Å². The Morgan fingerprint density at radius 2 is 1.89 bits per heavy atom. The van der Waals surface area contributed by atoms with Crippen LogP contribution in [-0.4, -0.2) is 62.6 Å². The van der Waals surface area contributed by atoms with Crippen LogP contribution in [-0.2, 0) is 21.3 Å². The summed E-state index contributed by atoms with van der Waals surface area (Å²) in [6, 6.07) is 7.85. The van der Waals surface area contributed by atoms with E-state index in [0.717, 1.165) is 11.0 Å². The summed E-state index contributed by atoms with van der Waals surface area (Å²) in [6.45, 7) is 4.57. The molecule has 5 rings (SSSR count). The van der Waals surface area contributed by atoms with Crippen LogP contribution in [0, 0.1) is 0 Å². The van der Waals surface area contributed by atoms with Gasteiger partial charge in [0, 0.05) is 23.6 Å². The lowest BCUT2D eigenvalue weighted by atomic mass is 9.95. The number of nitrogens with zero attached hydrogens (tertiary/aromatic N) is 4. The van der Waals surface area contributed by atoms with Crippen molar-refractivity contribution in [3.05, 3.63) is 71.5 Å². The van der Waals surface area contributed by atoms with Crippen LogP contribution >= 0.6 is 0 Å². The van der Waals surface area contributed by atoms with Gasteiger partial charge in [0.1, 0.15) is 28.6 Å². The summed E-state index contributed by atoms with van der Waals surface area (Å²) in [5, 5.41) is 11.8. The minimum Gasteiger partial charge on any atom is -0.494 e. The molecule has 0 aliphatic carbocycles. The molecule has 11 nitrogen and oxygen atoms in total. The highest BCUT2D eigenvalue weighted by Gasteiger charge is 2.51. The van der Waals surface area contributed by atoms with Gasteiger partial charge in [-0.15, -0.1) is 0 Å². The van der Waals surface area contributed by atoms with E-state index >= 15 is 0 Å². The number of rotatable bonds is 7. The predicted octanol–water partition coefficient (Wildman–Crippen LogP) is 4.39. The van der Waals surface area contributed by atoms with Crippen LogP contribution in [0.4, 0.5) is 13.2 Å². The molecule has 44 heavy (non-hydrogen) atoms. The van der Waals surface area contributed by atoms with Gasteiger partial charge in [-0.2, -0.15) is 13.2 Å². The zero-order valence-corrected chi connectivity index (χ0v) is 24.3. The highest BCUT2D eigenvalue weighted by atomic mass is 19.4. The lowest BCUT2D eigenvalue weighted by Gasteiger charge is -2.24. The normalized spacial score (nSPS) is 19.4. The number of pyridine rings is 2. The maximum absolute atomic E-state index is 14.1. The van der Waals surface area contributed by atoms with E-state index in [1.807, 2.05) is 0 Å². The lowest BCUT2D eigenvalue weighted by Crippen LogP contribution is -2.43. The first-order valence-electron chi connectivity index (χ1n) is 13.7. The summed E-state index contributed by atoms with van der Waals surface area (Å²) in [5.41, 5.74) is 3.54. The maximum atomic E-state index is 14.1. The van der Waals surface area contributed by atoms with Gasteiger partial charge in [0.15, 0.2) is 11.5 Å². The summed E-state index contributed by atoms with van der Waals surface area (Å²) in [4.78, 5) is 40.8. The molecule has 0 bridgehead atoms. The van der Waals surface area contributed by atoms with Crippen LogP contribution in [0.5, 0.6) is 5.75 Å². The molecule has 3 atom stereocenters. The number of hydrogen-bond donors (Lipinski definition) is 2. The molecule has 0 saturated carbocycles. The zero-order valence-electron chi connectivity index (χ0n) is 24.3. The molecule has 0 radical (unpaired) electrons. The van der Waals surface area contributed by atoms with Crippen molar-refractivity contribution < 1.29 is 41.8 Å². The number of esters is 1. The fraction of sp³-hybridized carbons (Fsp3) is 0.367. The van der Waals surface area contributed by atoms with E-state index in [0.29, 0.717) is 0 Å². The van der Waals surface area contributed by atoms with Crippen LogP contribution < -0.4 is 10.5 Å². The van der Waals surface area contributed by atoms with Gasteiger partial charge in [-0.05, 0) is 57.2 Å². The fourth-order valence-electron chi connectivity index (χ4n) is 5.19. The predicted molar refractivity (Wildman–Crippen MR) is 150 cm³/mol. The molecule has 4 aromatic rings. The van der Waals surface area contributed by atoms with Gasteiger partial charge in [-0.25, -0.2) is 14.8 Å². The Labute approximate surface area is 249 Å². The lowest BCUT2D eigenvalue weighted by molar-refractivity contribution is -0.152. The molecule has 232 valence electrons. The summed E-state index contributed by atoms with van der Waals surface area (Å²) >= 11 is 0. The van der Waals surface area contributed by atoms with Crippen LogP contribution in [0.25, 0.3) is 22.4 Å². The average molecular weight is 614 g/mol. The minimum atomic E-state index is -4.69. The number of carbonyl (C=O) groups excluding carboxylic acids is 2. The number of fused-ring (bicyclic) bond motifs is 1. The van der Waals surface area contributed by atoms with Crippen LogP contribution in [0.3, 0.4) is 0 Å². The standard InChI is InChI=1S/C30H30F3N5O6/c1-15(2)43-28(40)19-13-29(41,21-7-5-6-12-35-21)14-38(19)27(39)24-25(16(3)34)44-26(37-24)18-8-10-20(42-4)23-17(18)9-11-22(36-23)30(31,32)33/h5-12,15-16,19,41H,13-14,34H2,1-4H3/t16-,19-,29-/m0/s1. The van der Waals surface area contributed by atoms with E-state index in [9.17, 15) is 27.9 Å². The quantitative estimate of drug-likeness (QED) is 0.287. The van der Waals surface area contributed by atoms with Gasteiger partial charge in [0.25, 0.3) is 5.91 Å². The number of halogens is 3. The molecule has 1 amide bonds. The highest BCUT2D eigenvalue weighted by molar-refractivity contribution is 5.99. The molecule has 14 heteroatoms. The van der Waals surface area contributed by atoms with Crippen molar-refractivity contribution in [3.63, 3.8) is 0 Å². The molecule has 1 aromatic carbocycles. The molecule has 1 fully saturated rings. The van der Waals surface area contributed by atoms with E-state index in [1.165, 1.54) is 31.5 Å². The van der Waals surface area contributed by atoms with Crippen molar-refractivity contribution in [1.29, 1.82) is 0 Å². The van der Waals surface area contributed by atoms with Gasteiger partial charge in [-0.1, -0.05) is 6.07 Å². The average Bonchev–Trinajstić information content (AvgIpc) is 3.59. The van der Waals surface area contributed by atoms with Crippen LogP contribution in [0.2, 0.25) is 0 Å². The molecule has 0 unspecified atom stereocenters. The monoisotopic (exact) mass is 613 g/mol. The van der Waals surface area contributed by atoms with E-state index in [2.05, 4.69) is 15.0 Å². The van der Waals surface area contributed by atoms with E-state index in [-0.39, 0.29) is 58.2 Å². The highest BCUT2D eigenvalue weighted by Crippen LogP contribution is 2.40. The number of benzene rings is 1. The second-order valence-corrected chi connectivity index (χ2v) is 10.8. The largest absolute Gasteiger partial charge is 0.494 e. The number of ether oxygens (including phenoxy) is 2. The Morgan fingerprint density at radius 3 is 2.50 bits per heavy atom. The first kappa shape index (κ1) is 30.9. The Hall–Kier alpha value is -4.56. The third-order valence-electron chi connectivity index (χ3n) is 7.20. The van der Waals surface area contributed by atoms with Crippen LogP contribution in [0.15, 0.2) is 53.1 Å². The Kier molecular flexibility index (Phi) is 8.07. The fourth-order valence-corrected chi connectivity index (χ4v) is 5.19. The number of nitrogens with two attached hydrogens (primary N) is 1. The summed E-state index contributed by atoms with van der Waals surface area (Å²) in [7, 11) is 1.30. The Balaban J connectivity index is 1.60. The third-order valence-corrected chi connectivity index (χ3v) is 7.20. The van der Waals surface area contributed by atoms with Crippen molar-refractivity contribution >= 4 is 22.8 Å². The third kappa shape index (κ3) is 5.69. The van der Waals surface area contributed by atoms with E-state index in [4.69, 9.17) is 19.6 Å². The van der Waals surface area contributed by atoms with E-state index in [1.54, 1.807) is 39.0 Å². The molecular formula is C30H30F3N5O6. The van der Waals surface area contributed by atoms with Gasteiger partial charge in [0.05, 0.1) is 31.5 Å². The number of methoxy groups -OCH3 is 1. The topological polar surface area (TPSA) is 154 Å². The molecule has 0 spiro atoms. The van der Waals surface area contributed by atoms with Crippen molar-refractivity contribution in [2.75, 3.05) is 13.7 Å². The number of aromatic nitrogens is 3. The van der Waals surface area contributed by atoms with Gasteiger partial charge in [0.2, 0.25) is 5.89 Å². The number of aliphatic hydroxyl groups is 1. The summed E-state index contributed by atoms with van der Waals surface area (Å²) in [5.74, 6) is -1.55. The van der Waals surface area contributed by atoms with Crippen molar-refractivity contribution in [3.8, 4) is 17.2 Å². The van der Waals surface area contributed by atoms with E-state index < -0.39 is 47.5 Å². The van der Waals surface area contributed by atoms with Gasteiger partial charge >= 0.3 is 12.1 Å². The molecule has 1 aliphatic rings. The summed E-state index contributed by atoms with van der Waals surface area (Å²) < 4.78 is 56.9. The number of amides is 1. The maximum Gasteiger partial charge on any atom is 0.433 e. The SMILES string of the molecule is COc1ccc(-c2nc(C(=O)N3C[C@](O)(c4ccccn4)C[C@H]3C(=O)OC(C)C)c([C@H](C)N)o2)c2ccc(C(F)(F)F)nc12. The zero-order chi connectivity index (χ0) is 32.0. The molecule has 1 aliphatic heterocycles. The Bertz CT molecular complexity index is 1710. The van der Waals surface area contributed by atoms with Gasteiger partial charge in [-0.3, -0.25) is 9.78 Å². The number of hydrogen-bond acceptors (Lipinski definition) is 10. The number of β-amino-alcohol motifs (C(OH)–C–C–N with tert-alkyl or cyclic N) is 1. The Morgan fingerprint density at radius 1 is 1.14 bits per heavy atom. The van der Waals surface area contributed by atoms with Crippen molar-refractivity contribution in [2.45, 2.75) is 57.2 Å². The minimum absolute atomic E-state index is 0.0295. The second kappa shape index (κ2) is 11.5. The number of oxazole rings is 1. The second-order valence-electron chi connectivity index (χ2n) is 10.8. The number of likely N-dealkylation sites (tertiary alicyclic amines) is 1.